The molecule has 3 aliphatic rings. The Labute approximate surface area is 141 Å². The molecule has 1 amide bonds. The molecule has 2 aromatic rings. The zero-order valence-corrected chi connectivity index (χ0v) is 13.8. The average molecular weight is 322 g/mol. The normalized spacial score (nSPS) is 21.9. The summed E-state index contributed by atoms with van der Waals surface area (Å²) in [5.41, 5.74) is 2.34. The summed E-state index contributed by atoms with van der Waals surface area (Å²) < 4.78 is 2.48. The van der Waals surface area contributed by atoms with Gasteiger partial charge in [0.25, 0.3) is 5.91 Å². The topological polar surface area (TPSA) is 51.0 Å². The average Bonchev–Trinajstić information content (AvgIpc) is 3.30. The minimum Gasteiger partial charge on any atom is -0.339 e. The molecule has 0 radical (unpaired) electrons. The van der Waals surface area contributed by atoms with Crippen LogP contribution in [-0.2, 0) is 12.0 Å². The molecule has 5 nitrogen and oxygen atoms in total. The number of rotatable bonds is 2. The van der Waals surface area contributed by atoms with Crippen LogP contribution in [0.15, 0.2) is 30.7 Å². The zero-order valence-electron chi connectivity index (χ0n) is 13.8. The van der Waals surface area contributed by atoms with E-state index in [4.69, 9.17) is 4.98 Å². The summed E-state index contributed by atoms with van der Waals surface area (Å²) in [6.45, 7) is 2.75. The summed E-state index contributed by atoms with van der Waals surface area (Å²) in [4.78, 5) is 23.5. The van der Waals surface area contributed by atoms with E-state index in [2.05, 4.69) is 15.7 Å². The Hall–Kier alpha value is -2.17. The number of aromatic nitrogens is 3. The molecular weight excluding hydrogens is 300 g/mol. The molecule has 4 heterocycles. The van der Waals surface area contributed by atoms with E-state index in [0.717, 1.165) is 38.4 Å². The highest BCUT2D eigenvalue weighted by atomic mass is 16.2. The maximum atomic E-state index is 12.6. The van der Waals surface area contributed by atoms with Gasteiger partial charge in [-0.3, -0.25) is 9.78 Å². The van der Waals surface area contributed by atoms with Crippen LogP contribution in [0.3, 0.4) is 0 Å². The third-order valence-corrected chi connectivity index (χ3v) is 6.09. The predicted octanol–water partition coefficient (Wildman–Crippen LogP) is 2.73. The zero-order chi connectivity index (χ0) is 16.1. The number of amides is 1. The number of nitrogens with zero attached hydrogens (tertiary/aromatic N) is 4. The Morgan fingerprint density at radius 1 is 1.12 bits per heavy atom. The Balaban J connectivity index is 1.34. The van der Waals surface area contributed by atoms with E-state index in [1.54, 1.807) is 12.4 Å². The van der Waals surface area contributed by atoms with Crippen LogP contribution in [0.25, 0.3) is 0 Å². The molecule has 0 bridgehead atoms. The quantitative estimate of drug-likeness (QED) is 0.854. The number of imidazole rings is 1. The van der Waals surface area contributed by atoms with Crippen molar-refractivity contribution >= 4 is 5.91 Å². The molecule has 5 rings (SSSR count). The maximum Gasteiger partial charge on any atom is 0.255 e. The molecule has 0 atom stereocenters. The number of hydrogen-bond acceptors (Lipinski definition) is 3. The maximum absolute atomic E-state index is 12.6. The second-order valence-electron chi connectivity index (χ2n) is 7.50. The van der Waals surface area contributed by atoms with E-state index in [9.17, 15) is 4.79 Å². The second kappa shape index (κ2) is 5.16. The van der Waals surface area contributed by atoms with Crippen molar-refractivity contribution in [3.05, 3.63) is 47.8 Å². The number of hydrogen-bond donors (Lipinski definition) is 0. The van der Waals surface area contributed by atoms with Crippen molar-refractivity contribution in [3.8, 4) is 0 Å². The largest absolute Gasteiger partial charge is 0.339 e. The fourth-order valence-electron chi connectivity index (χ4n) is 4.47. The Bertz CT molecular complexity index is 770. The van der Waals surface area contributed by atoms with Crippen LogP contribution < -0.4 is 0 Å². The van der Waals surface area contributed by atoms with Crippen molar-refractivity contribution in [1.82, 2.24) is 19.4 Å². The number of carbonyl (C=O) groups excluding carboxylic acids is 1. The smallest absolute Gasteiger partial charge is 0.255 e. The summed E-state index contributed by atoms with van der Waals surface area (Å²) in [7, 11) is 0. The first-order valence-electron chi connectivity index (χ1n) is 9.02. The van der Waals surface area contributed by atoms with E-state index in [1.807, 2.05) is 17.0 Å². The molecule has 2 aliphatic heterocycles. The number of fused-ring (bicyclic) bond motifs is 2. The van der Waals surface area contributed by atoms with Gasteiger partial charge >= 0.3 is 0 Å². The minimum absolute atomic E-state index is 0.109. The van der Waals surface area contributed by atoms with Gasteiger partial charge in [0.2, 0.25) is 0 Å². The van der Waals surface area contributed by atoms with E-state index >= 15 is 0 Å². The summed E-state index contributed by atoms with van der Waals surface area (Å²) in [5, 5.41) is 0. The van der Waals surface area contributed by atoms with Gasteiger partial charge in [-0.05, 0) is 44.2 Å². The van der Waals surface area contributed by atoms with Crippen molar-refractivity contribution in [3.63, 3.8) is 0 Å². The van der Waals surface area contributed by atoms with Gasteiger partial charge in [-0.15, -0.1) is 0 Å². The first kappa shape index (κ1) is 14.2. The lowest BCUT2D eigenvalue weighted by Crippen LogP contribution is -2.44. The highest BCUT2D eigenvalue weighted by molar-refractivity contribution is 5.93. The predicted molar refractivity (Wildman–Crippen MR) is 89.9 cm³/mol. The number of likely N-dealkylation sites (tertiary alicyclic amines) is 1. The Morgan fingerprint density at radius 2 is 1.92 bits per heavy atom. The lowest BCUT2D eigenvalue weighted by Gasteiger charge is -2.38. The first-order chi connectivity index (χ1) is 11.8. The van der Waals surface area contributed by atoms with Gasteiger partial charge in [0, 0.05) is 55.3 Å². The third-order valence-electron chi connectivity index (χ3n) is 6.09. The molecule has 2 aromatic heterocycles. The molecule has 2 fully saturated rings. The summed E-state index contributed by atoms with van der Waals surface area (Å²) in [6.07, 6.45) is 11.4. The lowest BCUT2D eigenvalue weighted by molar-refractivity contribution is 0.0663. The number of piperidine rings is 1. The SMILES string of the molecule is O=C(c1cccnc1)N1CCC2(CC1)CCn1c(C3CC3)cnc12. The van der Waals surface area contributed by atoms with Gasteiger partial charge in [-0.25, -0.2) is 4.98 Å². The van der Waals surface area contributed by atoms with Crippen molar-refractivity contribution < 1.29 is 4.79 Å². The van der Waals surface area contributed by atoms with Gasteiger partial charge in [0.05, 0.1) is 5.56 Å². The van der Waals surface area contributed by atoms with Crippen LogP contribution in [0, 0.1) is 0 Å². The fourth-order valence-corrected chi connectivity index (χ4v) is 4.47. The van der Waals surface area contributed by atoms with Gasteiger partial charge < -0.3 is 9.47 Å². The molecule has 5 heteroatoms. The molecule has 0 unspecified atom stereocenters. The molecule has 1 saturated heterocycles. The first-order valence-corrected chi connectivity index (χ1v) is 9.02. The molecule has 1 aliphatic carbocycles. The van der Waals surface area contributed by atoms with Crippen LogP contribution in [0.4, 0.5) is 0 Å². The van der Waals surface area contributed by atoms with Crippen molar-refractivity contribution in [2.45, 2.75) is 50.0 Å². The van der Waals surface area contributed by atoms with E-state index in [1.165, 1.54) is 30.8 Å². The monoisotopic (exact) mass is 322 g/mol. The summed E-state index contributed by atoms with van der Waals surface area (Å²) in [6, 6.07) is 3.68. The highest BCUT2D eigenvalue weighted by Gasteiger charge is 2.45. The second-order valence-corrected chi connectivity index (χ2v) is 7.50. The molecular formula is C19H22N4O. The highest BCUT2D eigenvalue weighted by Crippen LogP contribution is 2.47. The molecule has 1 saturated carbocycles. The van der Waals surface area contributed by atoms with Crippen LogP contribution >= 0.6 is 0 Å². The summed E-state index contributed by atoms with van der Waals surface area (Å²) >= 11 is 0. The van der Waals surface area contributed by atoms with E-state index < -0.39 is 0 Å². The van der Waals surface area contributed by atoms with E-state index in [0.29, 0.717) is 5.56 Å². The van der Waals surface area contributed by atoms with Crippen LogP contribution in [0.5, 0.6) is 0 Å². The Morgan fingerprint density at radius 3 is 2.62 bits per heavy atom. The lowest BCUT2D eigenvalue weighted by atomic mass is 9.76. The van der Waals surface area contributed by atoms with Gasteiger partial charge in [0.15, 0.2) is 0 Å². The van der Waals surface area contributed by atoms with Gasteiger partial charge in [-0.1, -0.05) is 0 Å². The van der Waals surface area contributed by atoms with Crippen LogP contribution in [-0.4, -0.2) is 38.4 Å². The van der Waals surface area contributed by atoms with Crippen molar-refractivity contribution in [2.75, 3.05) is 13.1 Å². The van der Waals surface area contributed by atoms with Crippen molar-refractivity contribution in [2.24, 2.45) is 0 Å². The number of carbonyl (C=O) groups is 1. The van der Waals surface area contributed by atoms with Gasteiger partial charge in [0.1, 0.15) is 5.82 Å². The van der Waals surface area contributed by atoms with E-state index in [-0.39, 0.29) is 11.3 Å². The molecule has 124 valence electrons. The molecule has 0 aromatic carbocycles. The molecule has 24 heavy (non-hydrogen) atoms. The summed E-state index contributed by atoms with van der Waals surface area (Å²) in [5.74, 6) is 2.16. The number of pyridine rings is 1. The van der Waals surface area contributed by atoms with Gasteiger partial charge in [-0.2, -0.15) is 0 Å². The van der Waals surface area contributed by atoms with Crippen LogP contribution in [0.1, 0.15) is 59.9 Å². The molecule has 1 spiro atoms. The standard InChI is InChI=1S/C19H22N4O/c24-17(15-2-1-8-20-12-15)22-9-5-19(6-10-22)7-11-23-16(14-3-4-14)13-21-18(19)23/h1-2,8,12-14H,3-7,9-11H2. The minimum atomic E-state index is 0.109. The Kier molecular flexibility index (Phi) is 3.05. The molecule has 0 N–H and O–H groups in total. The van der Waals surface area contributed by atoms with Crippen LogP contribution in [0.2, 0.25) is 0 Å². The third kappa shape index (κ3) is 2.10. The van der Waals surface area contributed by atoms with Crippen molar-refractivity contribution in [1.29, 1.82) is 0 Å². The fraction of sp³-hybridized carbons (Fsp3) is 0.526.